The first-order valence-electron chi connectivity index (χ1n) is 6.42. The van der Waals surface area contributed by atoms with E-state index in [1.165, 1.54) is 6.07 Å². The third kappa shape index (κ3) is 2.94. The second-order valence-corrected chi connectivity index (χ2v) is 6.62. The fourth-order valence-electron chi connectivity index (χ4n) is 2.15. The van der Waals surface area contributed by atoms with Gasteiger partial charge < -0.3 is 4.90 Å². The van der Waals surface area contributed by atoms with Crippen molar-refractivity contribution in [1.82, 2.24) is 4.90 Å². The summed E-state index contributed by atoms with van der Waals surface area (Å²) in [5.41, 5.74) is 1.24. The molecule has 1 aromatic heterocycles. The SMILES string of the molecule is O=C(c1cc(Br)ccc1F)N(Cc1ccsc1)C1CC1. The van der Waals surface area contributed by atoms with Crippen LogP contribution in [-0.2, 0) is 6.54 Å². The minimum absolute atomic E-state index is 0.140. The fraction of sp³-hybridized carbons (Fsp3) is 0.267. The zero-order chi connectivity index (χ0) is 14.1. The maximum atomic E-state index is 13.9. The van der Waals surface area contributed by atoms with Crippen LogP contribution >= 0.6 is 27.3 Å². The molecule has 1 aliphatic rings. The van der Waals surface area contributed by atoms with Gasteiger partial charge in [0.1, 0.15) is 5.82 Å². The summed E-state index contributed by atoms with van der Waals surface area (Å²) in [6.45, 7) is 0.555. The number of thiophene rings is 1. The third-order valence-electron chi connectivity index (χ3n) is 3.34. The van der Waals surface area contributed by atoms with Crippen molar-refractivity contribution in [3.8, 4) is 0 Å². The predicted octanol–water partition coefficient (Wildman–Crippen LogP) is 4.45. The Balaban J connectivity index is 1.87. The van der Waals surface area contributed by atoms with Gasteiger partial charge in [-0.05, 0) is 53.4 Å². The van der Waals surface area contributed by atoms with Crippen molar-refractivity contribution in [3.63, 3.8) is 0 Å². The van der Waals surface area contributed by atoms with Gasteiger partial charge in [0.25, 0.3) is 5.91 Å². The summed E-state index contributed by atoms with van der Waals surface area (Å²) in [4.78, 5) is 14.4. The largest absolute Gasteiger partial charge is 0.331 e. The summed E-state index contributed by atoms with van der Waals surface area (Å²) >= 11 is 4.90. The van der Waals surface area contributed by atoms with Gasteiger partial charge >= 0.3 is 0 Å². The molecule has 0 unspecified atom stereocenters. The number of benzene rings is 1. The Hall–Kier alpha value is -1.20. The quantitative estimate of drug-likeness (QED) is 0.794. The first kappa shape index (κ1) is 13.8. The summed E-state index contributed by atoms with van der Waals surface area (Å²) in [7, 11) is 0. The number of nitrogens with zero attached hydrogens (tertiary/aromatic N) is 1. The Kier molecular flexibility index (Phi) is 3.89. The molecule has 0 saturated heterocycles. The van der Waals surface area contributed by atoms with Gasteiger partial charge in [-0.2, -0.15) is 11.3 Å². The molecule has 0 N–H and O–H groups in total. The lowest BCUT2D eigenvalue weighted by atomic mass is 10.1. The number of carbonyl (C=O) groups excluding carboxylic acids is 1. The second kappa shape index (κ2) is 5.66. The zero-order valence-corrected chi connectivity index (χ0v) is 13.1. The van der Waals surface area contributed by atoms with E-state index in [4.69, 9.17) is 0 Å². The lowest BCUT2D eigenvalue weighted by Crippen LogP contribution is -2.33. The highest BCUT2D eigenvalue weighted by Crippen LogP contribution is 2.31. The number of carbonyl (C=O) groups is 1. The first-order valence-corrected chi connectivity index (χ1v) is 8.16. The first-order chi connectivity index (χ1) is 9.65. The molecule has 0 aliphatic heterocycles. The Bertz CT molecular complexity index is 625. The summed E-state index contributed by atoms with van der Waals surface area (Å²) < 4.78 is 14.6. The highest BCUT2D eigenvalue weighted by molar-refractivity contribution is 9.10. The zero-order valence-electron chi connectivity index (χ0n) is 10.7. The van der Waals surface area contributed by atoms with E-state index in [9.17, 15) is 9.18 Å². The van der Waals surface area contributed by atoms with Crippen molar-refractivity contribution < 1.29 is 9.18 Å². The van der Waals surface area contributed by atoms with Crippen LogP contribution in [0.25, 0.3) is 0 Å². The fourth-order valence-corrected chi connectivity index (χ4v) is 3.17. The Labute approximate surface area is 129 Å². The molecule has 1 heterocycles. The molecule has 0 radical (unpaired) electrons. The molecule has 0 bridgehead atoms. The molecule has 5 heteroatoms. The molecule has 1 aromatic carbocycles. The minimum Gasteiger partial charge on any atom is -0.331 e. The Morgan fingerprint density at radius 1 is 1.40 bits per heavy atom. The van der Waals surface area contributed by atoms with Gasteiger partial charge in [-0.1, -0.05) is 15.9 Å². The van der Waals surface area contributed by atoms with E-state index in [1.807, 2.05) is 16.8 Å². The van der Waals surface area contributed by atoms with Crippen LogP contribution in [0.15, 0.2) is 39.5 Å². The molecule has 20 heavy (non-hydrogen) atoms. The van der Waals surface area contributed by atoms with E-state index < -0.39 is 5.82 Å². The maximum Gasteiger partial charge on any atom is 0.257 e. The van der Waals surface area contributed by atoms with Gasteiger partial charge in [0, 0.05) is 17.1 Å². The summed E-state index contributed by atoms with van der Waals surface area (Å²) in [6, 6.07) is 6.74. The topological polar surface area (TPSA) is 20.3 Å². The molecule has 0 spiro atoms. The lowest BCUT2D eigenvalue weighted by molar-refractivity contribution is 0.0725. The van der Waals surface area contributed by atoms with Gasteiger partial charge in [0.15, 0.2) is 0 Å². The normalized spacial score (nSPS) is 14.3. The number of hydrogen-bond donors (Lipinski definition) is 0. The Morgan fingerprint density at radius 2 is 2.20 bits per heavy atom. The molecular weight excluding hydrogens is 341 g/mol. The van der Waals surface area contributed by atoms with Crippen LogP contribution in [0.1, 0.15) is 28.8 Å². The molecule has 1 amide bonds. The highest BCUT2D eigenvalue weighted by Gasteiger charge is 2.34. The van der Waals surface area contributed by atoms with Gasteiger partial charge in [-0.3, -0.25) is 4.79 Å². The van der Waals surface area contributed by atoms with Gasteiger partial charge in [-0.25, -0.2) is 4.39 Å². The molecule has 1 fully saturated rings. The maximum absolute atomic E-state index is 13.9. The summed E-state index contributed by atoms with van der Waals surface area (Å²) in [5, 5.41) is 4.02. The Morgan fingerprint density at radius 3 is 2.85 bits per heavy atom. The van der Waals surface area contributed by atoms with Crippen LogP contribution in [0, 0.1) is 5.82 Å². The van der Waals surface area contributed by atoms with Gasteiger partial charge in [0.2, 0.25) is 0 Å². The molecular formula is C15H13BrFNOS. The average molecular weight is 354 g/mol. The van der Waals surface area contributed by atoms with Crippen molar-refractivity contribution in [2.24, 2.45) is 0 Å². The summed E-state index contributed by atoms with van der Waals surface area (Å²) in [5.74, 6) is -0.688. The number of halogens is 2. The lowest BCUT2D eigenvalue weighted by Gasteiger charge is -2.22. The van der Waals surface area contributed by atoms with Gasteiger partial charge in [0.05, 0.1) is 5.56 Å². The van der Waals surface area contributed by atoms with Crippen LogP contribution in [-0.4, -0.2) is 16.8 Å². The molecule has 3 rings (SSSR count). The highest BCUT2D eigenvalue weighted by atomic mass is 79.9. The van der Waals surface area contributed by atoms with Crippen molar-refractivity contribution in [3.05, 3.63) is 56.4 Å². The number of amides is 1. The smallest absolute Gasteiger partial charge is 0.257 e. The minimum atomic E-state index is -0.464. The monoisotopic (exact) mass is 353 g/mol. The average Bonchev–Trinajstić information content (AvgIpc) is 3.15. The molecule has 2 aromatic rings. The van der Waals surface area contributed by atoms with E-state index in [2.05, 4.69) is 15.9 Å². The van der Waals surface area contributed by atoms with E-state index in [0.29, 0.717) is 11.0 Å². The molecule has 2 nitrogen and oxygen atoms in total. The second-order valence-electron chi connectivity index (χ2n) is 4.92. The standard InChI is InChI=1S/C15H13BrFNOS/c16-11-1-4-14(17)13(7-11)15(19)18(12-2-3-12)8-10-5-6-20-9-10/h1,4-7,9,12H,2-3,8H2. The number of rotatable bonds is 4. The van der Waals surface area contributed by atoms with E-state index in [1.54, 1.807) is 28.4 Å². The van der Waals surface area contributed by atoms with Crippen molar-refractivity contribution >= 4 is 33.2 Å². The van der Waals surface area contributed by atoms with Crippen molar-refractivity contribution in [2.75, 3.05) is 0 Å². The third-order valence-corrected chi connectivity index (χ3v) is 4.57. The van der Waals surface area contributed by atoms with E-state index in [-0.39, 0.29) is 17.5 Å². The van der Waals surface area contributed by atoms with Crippen molar-refractivity contribution in [2.45, 2.75) is 25.4 Å². The van der Waals surface area contributed by atoms with Crippen LogP contribution in [0.5, 0.6) is 0 Å². The van der Waals surface area contributed by atoms with Crippen LogP contribution < -0.4 is 0 Å². The van der Waals surface area contributed by atoms with Crippen LogP contribution in [0.2, 0.25) is 0 Å². The van der Waals surface area contributed by atoms with Crippen molar-refractivity contribution in [1.29, 1.82) is 0 Å². The van der Waals surface area contributed by atoms with Gasteiger partial charge in [-0.15, -0.1) is 0 Å². The molecule has 104 valence electrons. The van der Waals surface area contributed by atoms with Crippen LogP contribution in [0.4, 0.5) is 4.39 Å². The molecule has 0 atom stereocenters. The molecule has 1 saturated carbocycles. The van der Waals surface area contributed by atoms with E-state index >= 15 is 0 Å². The predicted molar refractivity (Wildman–Crippen MR) is 81.3 cm³/mol. The summed E-state index contributed by atoms with van der Waals surface area (Å²) in [6.07, 6.45) is 2.01. The number of hydrogen-bond acceptors (Lipinski definition) is 2. The van der Waals surface area contributed by atoms with E-state index in [0.717, 1.165) is 18.4 Å². The molecule has 1 aliphatic carbocycles. The van der Waals surface area contributed by atoms with Crippen LogP contribution in [0.3, 0.4) is 0 Å².